The van der Waals surface area contributed by atoms with Gasteiger partial charge in [-0.3, -0.25) is 14.3 Å². The third-order valence-electron chi connectivity index (χ3n) is 4.79. The van der Waals surface area contributed by atoms with E-state index >= 15 is 0 Å². The number of fused-ring (bicyclic) bond motifs is 1. The molecule has 178 valence electrons. The number of nitrogens with zero attached hydrogens (tertiary/aromatic N) is 2. The summed E-state index contributed by atoms with van der Waals surface area (Å²) in [5, 5.41) is 10.2. The van der Waals surface area contributed by atoms with Crippen molar-refractivity contribution in [3.8, 4) is 16.3 Å². The molecule has 7 nitrogen and oxygen atoms in total. The molecular formula is C21H14Cl2F3N3O4S. The predicted octanol–water partition coefficient (Wildman–Crippen LogP) is 4.62. The zero-order chi connectivity index (χ0) is 24.6. The van der Waals surface area contributed by atoms with Crippen molar-refractivity contribution in [3.05, 3.63) is 79.0 Å². The standard InChI is InChI=1S/C21H14Cl2F3N3O4S/c22-12-3-1-10(2-4-12)9-33-19-13(23)5-11(7-27-19)15-6-14-17(34-15)18(31)28-20(32)29(14)8-16(30)21(24,25)26/h1-7,16,30H,8-9H2,(H,28,31,32). The highest BCUT2D eigenvalue weighted by Gasteiger charge is 2.39. The molecule has 0 aliphatic rings. The summed E-state index contributed by atoms with van der Waals surface area (Å²) in [5.74, 6) is 0.157. The van der Waals surface area contributed by atoms with Crippen LogP contribution in [0, 0.1) is 0 Å². The Balaban J connectivity index is 1.64. The molecule has 0 radical (unpaired) electrons. The highest BCUT2D eigenvalue weighted by atomic mass is 35.5. The first kappa shape index (κ1) is 24.3. The third-order valence-corrected chi connectivity index (χ3v) is 6.48. The SMILES string of the molecule is O=c1[nH]c(=O)n(CC(O)C(F)(F)F)c2cc(-c3cnc(OCc4ccc(Cl)cc4)c(Cl)c3)sc12. The first-order valence-corrected chi connectivity index (χ1v) is 11.1. The van der Waals surface area contributed by atoms with E-state index in [4.69, 9.17) is 27.9 Å². The number of rotatable bonds is 6. The molecule has 2 N–H and O–H groups in total. The van der Waals surface area contributed by atoms with E-state index < -0.39 is 30.1 Å². The number of pyridine rings is 1. The van der Waals surface area contributed by atoms with Crippen LogP contribution in [0.2, 0.25) is 10.0 Å². The Morgan fingerprint density at radius 3 is 2.53 bits per heavy atom. The van der Waals surface area contributed by atoms with E-state index in [-0.39, 0.29) is 27.7 Å². The smallest absolute Gasteiger partial charge is 0.416 e. The average molecular weight is 532 g/mol. The van der Waals surface area contributed by atoms with Gasteiger partial charge in [0.15, 0.2) is 6.10 Å². The molecular weight excluding hydrogens is 518 g/mol. The number of hydrogen-bond acceptors (Lipinski definition) is 6. The minimum absolute atomic E-state index is 0.0168. The van der Waals surface area contributed by atoms with E-state index in [0.717, 1.165) is 16.9 Å². The normalized spacial score (nSPS) is 12.8. The van der Waals surface area contributed by atoms with Gasteiger partial charge in [0.2, 0.25) is 5.88 Å². The molecule has 4 rings (SSSR count). The topological polar surface area (TPSA) is 97.2 Å². The van der Waals surface area contributed by atoms with Crippen LogP contribution in [-0.2, 0) is 13.2 Å². The summed E-state index contributed by atoms with van der Waals surface area (Å²) >= 11 is 13.1. The Morgan fingerprint density at radius 2 is 1.88 bits per heavy atom. The number of nitrogens with one attached hydrogen (secondary N) is 1. The molecule has 3 aromatic heterocycles. The van der Waals surface area contributed by atoms with E-state index in [2.05, 4.69) is 4.98 Å². The lowest BCUT2D eigenvalue weighted by Crippen LogP contribution is -2.38. The van der Waals surface area contributed by atoms with Gasteiger partial charge < -0.3 is 9.84 Å². The quantitative estimate of drug-likeness (QED) is 0.378. The summed E-state index contributed by atoms with van der Waals surface area (Å²) < 4.78 is 44.8. The van der Waals surface area contributed by atoms with Crippen LogP contribution in [0.3, 0.4) is 0 Å². The van der Waals surface area contributed by atoms with Crippen LogP contribution in [0.1, 0.15) is 5.56 Å². The van der Waals surface area contributed by atoms with E-state index in [1.165, 1.54) is 18.3 Å². The summed E-state index contributed by atoms with van der Waals surface area (Å²) in [7, 11) is 0. The second kappa shape index (κ2) is 9.41. The fourth-order valence-corrected chi connectivity index (χ4v) is 4.46. The summed E-state index contributed by atoms with van der Waals surface area (Å²) in [6.45, 7) is -0.877. The second-order valence-corrected chi connectivity index (χ2v) is 9.07. The summed E-state index contributed by atoms with van der Waals surface area (Å²) in [6, 6.07) is 9.91. The average Bonchev–Trinajstić information content (AvgIpc) is 3.22. The fraction of sp³-hybridized carbons (Fsp3) is 0.190. The van der Waals surface area contributed by atoms with Crippen LogP contribution >= 0.6 is 34.5 Å². The summed E-state index contributed by atoms with van der Waals surface area (Å²) in [6.07, 6.45) is -6.29. The van der Waals surface area contributed by atoms with E-state index in [0.29, 0.717) is 20.0 Å². The number of ether oxygens (including phenoxy) is 1. The number of H-pyrrole nitrogens is 1. The Hall–Kier alpha value is -2.86. The number of aliphatic hydroxyl groups excluding tert-OH is 1. The van der Waals surface area contributed by atoms with E-state index in [9.17, 15) is 27.9 Å². The van der Waals surface area contributed by atoms with Gasteiger partial charge in [0.1, 0.15) is 16.3 Å². The van der Waals surface area contributed by atoms with Gasteiger partial charge in [0.25, 0.3) is 5.56 Å². The molecule has 4 aromatic rings. The van der Waals surface area contributed by atoms with Gasteiger partial charge in [0, 0.05) is 21.7 Å². The van der Waals surface area contributed by atoms with Gasteiger partial charge in [-0.15, -0.1) is 11.3 Å². The van der Waals surface area contributed by atoms with Gasteiger partial charge in [-0.05, 0) is 29.8 Å². The molecule has 1 atom stereocenters. The lowest BCUT2D eigenvalue weighted by molar-refractivity contribution is -0.207. The van der Waals surface area contributed by atoms with Gasteiger partial charge in [-0.25, -0.2) is 9.78 Å². The van der Waals surface area contributed by atoms with Crippen molar-refractivity contribution >= 4 is 44.8 Å². The minimum Gasteiger partial charge on any atom is -0.472 e. The molecule has 0 spiro atoms. The largest absolute Gasteiger partial charge is 0.472 e. The van der Waals surface area contributed by atoms with Crippen molar-refractivity contribution in [2.45, 2.75) is 25.4 Å². The molecule has 0 saturated carbocycles. The van der Waals surface area contributed by atoms with Crippen LogP contribution in [0.4, 0.5) is 13.2 Å². The number of alkyl halides is 3. The zero-order valence-electron chi connectivity index (χ0n) is 16.9. The Kier molecular flexibility index (Phi) is 6.72. The molecule has 3 heterocycles. The lowest BCUT2D eigenvalue weighted by atomic mass is 10.2. The van der Waals surface area contributed by atoms with Gasteiger partial charge in [-0.1, -0.05) is 35.3 Å². The molecule has 1 unspecified atom stereocenters. The number of benzene rings is 1. The maximum Gasteiger partial charge on any atom is 0.416 e. The highest BCUT2D eigenvalue weighted by Crippen LogP contribution is 2.35. The highest BCUT2D eigenvalue weighted by molar-refractivity contribution is 7.22. The molecule has 34 heavy (non-hydrogen) atoms. The van der Waals surface area contributed by atoms with Crippen LogP contribution in [0.15, 0.2) is 52.2 Å². The van der Waals surface area contributed by atoms with Gasteiger partial charge in [0.05, 0.1) is 12.1 Å². The Labute approximate surface area is 203 Å². The number of thiophene rings is 1. The maximum atomic E-state index is 12.8. The van der Waals surface area contributed by atoms with Crippen molar-refractivity contribution in [2.24, 2.45) is 0 Å². The van der Waals surface area contributed by atoms with Crippen LogP contribution in [0.25, 0.3) is 20.7 Å². The number of hydrogen-bond donors (Lipinski definition) is 2. The molecule has 1 aromatic carbocycles. The Bertz CT molecular complexity index is 1470. The summed E-state index contributed by atoms with van der Waals surface area (Å²) in [4.78, 5) is 31.0. The Morgan fingerprint density at radius 1 is 1.18 bits per heavy atom. The van der Waals surface area contributed by atoms with Crippen molar-refractivity contribution in [2.75, 3.05) is 0 Å². The van der Waals surface area contributed by atoms with Gasteiger partial charge in [-0.2, -0.15) is 13.2 Å². The molecule has 0 bridgehead atoms. The molecule has 13 heteroatoms. The van der Waals surface area contributed by atoms with Crippen LogP contribution in [-0.4, -0.2) is 31.9 Å². The van der Waals surface area contributed by atoms with Crippen molar-refractivity contribution in [1.29, 1.82) is 0 Å². The summed E-state index contributed by atoms with van der Waals surface area (Å²) in [5.41, 5.74) is -0.562. The maximum absolute atomic E-state index is 12.8. The second-order valence-electron chi connectivity index (χ2n) is 7.18. The number of halogens is 5. The first-order valence-electron chi connectivity index (χ1n) is 9.57. The zero-order valence-corrected chi connectivity index (χ0v) is 19.2. The lowest BCUT2D eigenvalue weighted by Gasteiger charge is -2.16. The number of aromatic nitrogens is 3. The van der Waals surface area contributed by atoms with Crippen molar-refractivity contribution in [1.82, 2.24) is 14.5 Å². The minimum atomic E-state index is -4.93. The molecule has 0 amide bonds. The first-order chi connectivity index (χ1) is 16.0. The van der Waals surface area contributed by atoms with Crippen molar-refractivity contribution < 1.29 is 23.0 Å². The number of aliphatic hydroxyl groups is 1. The molecule has 0 fully saturated rings. The molecule has 0 aliphatic carbocycles. The third kappa shape index (κ3) is 5.12. The van der Waals surface area contributed by atoms with E-state index in [1.807, 2.05) is 4.98 Å². The fourth-order valence-electron chi connectivity index (χ4n) is 3.07. The van der Waals surface area contributed by atoms with Crippen molar-refractivity contribution in [3.63, 3.8) is 0 Å². The van der Waals surface area contributed by atoms with Crippen LogP contribution in [0.5, 0.6) is 5.88 Å². The van der Waals surface area contributed by atoms with Crippen LogP contribution < -0.4 is 16.0 Å². The van der Waals surface area contributed by atoms with E-state index in [1.54, 1.807) is 24.3 Å². The predicted molar refractivity (Wildman–Crippen MR) is 123 cm³/mol. The number of aromatic amines is 1. The monoisotopic (exact) mass is 531 g/mol. The molecule has 0 saturated heterocycles. The molecule has 0 aliphatic heterocycles. The van der Waals surface area contributed by atoms with Gasteiger partial charge >= 0.3 is 11.9 Å².